The van der Waals surface area contributed by atoms with Crippen molar-refractivity contribution in [3.05, 3.63) is 81.5 Å². The van der Waals surface area contributed by atoms with E-state index in [-0.39, 0.29) is 23.2 Å². The van der Waals surface area contributed by atoms with Crippen LogP contribution in [0.5, 0.6) is 17.2 Å². The summed E-state index contributed by atoms with van der Waals surface area (Å²) in [6.07, 6.45) is 1.93. The van der Waals surface area contributed by atoms with Gasteiger partial charge in [0, 0.05) is 45.2 Å². The Balaban J connectivity index is 1.49. The van der Waals surface area contributed by atoms with E-state index >= 15 is 0 Å². The number of hydrogen-bond donors (Lipinski definition) is 2. The fourth-order valence-corrected chi connectivity index (χ4v) is 6.84. The van der Waals surface area contributed by atoms with Crippen LogP contribution in [0.15, 0.2) is 59.4 Å². The minimum Gasteiger partial charge on any atom is -0.493 e. The fraction of sp³-hybridized carbons (Fsp3) is 0.447. The number of rotatable bonds is 11. The minimum absolute atomic E-state index is 0.00357. The van der Waals surface area contributed by atoms with Crippen LogP contribution in [0.3, 0.4) is 0 Å². The molecule has 1 aliphatic heterocycles. The van der Waals surface area contributed by atoms with Gasteiger partial charge in [0.1, 0.15) is 6.04 Å². The second-order valence-corrected chi connectivity index (χ2v) is 12.7. The van der Waals surface area contributed by atoms with Crippen LogP contribution in [0.2, 0.25) is 0 Å². The minimum atomic E-state index is -0.581. The predicted octanol–water partition coefficient (Wildman–Crippen LogP) is 5.03. The third-order valence-electron chi connectivity index (χ3n) is 9.64. The number of fused-ring (bicyclic) bond motifs is 3. The lowest BCUT2D eigenvalue weighted by Crippen LogP contribution is -2.54. The second kappa shape index (κ2) is 15.6. The van der Waals surface area contributed by atoms with Gasteiger partial charge >= 0.3 is 0 Å². The molecule has 10 nitrogen and oxygen atoms in total. The quantitative estimate of drug-likeness (QED) is 0.296. The first-order valence-corrected chi connectivity index (χ1v) is 16.8. The number of hydrogen-bond acceptors (Lipinski definition) is 8. The predicted molar refractivity (Wildman–Crippen MR) is 188 cm³/mol. The van der Waals surface area contributed by atoms with Crippen LogP contribution >= 0.6 is 0 Å². The average Bonchev–Trinajstić information content (AvgIpc) is 3.34. The van der Waals surface area contributed by atoms with Gasteiger partial charge in [-0.15, -0.1) is 0 Å². The molecule has 0 spiro atoms. The second-order valence-electron chi connectivity index (χ2n) is 12.7. The summed E-state index contributed by atoms with van der Waals surface area (Å²) in [5.74, 6) is 1.26. The first kappa shape index (κ1) is 34.8. The zero-order chi connectivity index (χ0) is 34.4. The highest BCUT2D eigenvalue weighted by Crippen LogP contribution is 2.50. The van der Waals surface area contributed by atoms with Crippen molar-refractivity contribution < 1.29 is 23.8 Å². The maximum Gasteiger partial charge on any atom is 0.245 e. The molecular formula is C38H48N4O6. The Labute approximate surface area is 283 Å². The van der Waals surface area contributed by atoms with Gasteiger partial charge in [0.25, 0.3) is 0 Å². The van der Waals surface area contributed by atoms with E-state index in [1.807, 2.05) is 42.2 Å². The van der Waals surface area contributed by atoms with Gasteiger partial charge in [0.15, 0.2) is 11.5 Å². The number of nitrogens with zero attached hydrogens (tertiary/aromatic N) is 2. The van der Waals surface area contributed by atoms with Gasteiger partial charge in [-0.05, 0) is 59.2 Å². The molecule has 1 fully saturated rings. The SMILES string of the molecule is CCC(C)C(Nc1ccc2c(cc1=O)C(NC(C)=O)CCc1cc(OC)c(OC)c(OC)c1-2)C(=O)N1CCN(Cc2ccccc2)CC1. The highest BCUT2D eigenvalue weighted by atomic mass is 16.5. The van der Waals surface area contributed by atoms with Crippen LogP contribution in [0.25, 0.3) is 11.1 Å². The average molecular weight is 657 g/mol. The summed E-state index contributed by atoms with van der Waals surface area (Å²) in [5.41, 5.74) is 4.47. The molecule has 3 aromatic rings. The molecular weight excluding hydrogens is 608 g/mol. The Morgan fingerprint density at radius 3 is 2.27 bits per heavy atom. The van der Waals surface area contributed by atoms with E-state index in [1.54, 1.807) is 33.5 Å². The molecule has 2 amide bonds. The van der Waals surface area contributed by atoms with E-state index in [1.165, 1.54) is 12.5 Å². The van der Waals surface area contributed by atoms with Gasteiger partial charge in [-0.3, -0.25) is 19.3 Å². The molecule has 2 N–H and O–H groups in total. The lowest BCUT2D eigenvalue weighted by molar-refractivity contribution is -0.135. The summed E-state index contributed by atoms with van der Waals surface area (Å²) in [7, 11) is 4.71. The number of carbonyl (C=O) groups excluding carboxylic acids is 2. The van der Waals surface area contributed by atoms with E-state index in [0.717, 1.165) is 42.7 Å². The number of ether oxygens (including phenoxy) is 3. The first-order chi connectivity index (χ1) is 23.2. The van der Waals surface area contributed by atoms with Crippen LogP contribution in [0, 0.1) is 5.92 Å². The van der Waals surface area contributed by atoms with Gasteiger partial charge in [0.2, 0.25) is 23.0 Å². The normalized spacial score (nSPS) is 17.2. The Bertz CT molecular complexity index is 1670. The molecule has 256 valence electrons. The molecule has 1 saturated heterocycles. The summed E-state index contributed by atoms with van der Waals surface area (Å²) < 4.78 is 17.3. The van der Waals surface area contributed by atoms with Gasteiger partial charge in [-0.25, -0.2) is 0 Å². The maximum atomic E-state index is 14.1. The molecule has 5 rings (SSSR count). The van der Waals surface area contributed by atoms with E-state index in [0.29, 0.717) is 54.4 Å². The summed E-state index contributed by atoms with van der Waals surface area (Å²) in [6, 6.07) is 16.5. The zero-order valence-corrected chi connectivity index (χ0v) is 28.9. The number of carbonyl (C=O) groups is 2. The van der Waals surface area contributed by atoms with Crippen molar-refractivity contribution in [3.8, 4) is 28.4 Å². The van der Waals surface area contributed by atoms with Crippen molar-refractivity contribution in [3.63, 3.8) is 0 Å². The topological polar surface area (TPSA) is 109 Å². The van der Waals surface area contributed by atoms with Crippen molar-refractivity contribution in [2.24, 2.45) is 5.92 Å². The molecule has 0 bridgehead atoms. The van der Waals surface area contributed by atoms with E-state index in [4.69, 9.17) is 14.2 Å². The zero-order valence-electron chi connectivity index (χ0n) is 28.9. The molecule has 1 heterocycles. The smallest absolute Gasteiger partial charge is 0.245 e. The molecule has 2 aliphatic rings. The van der Waals surface area contributed by atoms with E-state index in [9.17, 15) is 14.4 Å². The highest BCUT2D eigenvalue weighted by molar-refractivity contribution is 5.86. The number of amides is 2. The Kier molecular flexibility index (Phi) is 11.3. The fourth-order valence-electron chi connectivity index (χ4n) is 6.84. The third kappa shape index (κ3) is 7.44. The van der Waals surface area contributed by atoms with Crippen molar-refractivity contribution in [1.29, 1.82) is 0 Å². The lowest BCUT2D eigenvalue weighted by Gasteiger charge is -2.37. The number of nitrogens with one attached hydrogen (secondary N) is 2. The van der Waals surface area contributed by atoms with Crippen molar-refractivity contribution in [1.82, 2.24) is 15.1 Å². The molecule has 3 unspecified atom stereocenters. The summed E-state index contributed by atoms with van der Waals surface area (Å²) >= 11 is 0. The molecule has 0 aromatic heterocycles. The van der Waals surface area contributed by atoms with Crippen LogP contribution in [0.1, 0.15) is 56.3 Å². The third-order valence-corrected chi connectivity index (χ3v) is 9.64. The Morgan fingerprint density at radius 2 is 1.65 bits per heavy atom. The summed E-state index contributed by atoms with van der Waals surface area (Å²) in [5, 5.41) is 6.42. The first-order valence-electron chi connectivity index (χ1n) is 16.8. The van der Waals surface area contributed by atoms with Gasteiger partial charge in [-0.2, -0.15) is 0 Å². The van der Waals surface area contributed by atoms with Crippen molar-refractivity contribution in [2.45, 2.75) is 58.7 Å². The number of benzene rings is 2. The molecule has 10 heteroatoms. The molecule has 1 aliphatic carbocycles. The number of piperazine rings is 1. The van der Waals surface area contributed by atoms with Gasteiger partial charge in [-0.1, -0.05) is 56.7 Å². The molecule has 0 radical (unpaired) electrons. The van der Waals surface area contributed by atoms with Gasteiger partial charge < -0.3 is 29.7 Å². The van der Waals surface area contributed by atoms with Crippen LogP contribution < -0.4 is 30.3 Å². The standard InChI is InChI=1S/C38H48N4O6/c1-7-24(2)35(38(45)42-19-17-41(18-20-42)23-26-11-9-8-10-12-26)40-31-16-14-28-29(22-32(31)44)30(39-25(3)43)15-13-27-21-33(46-4)36(47-5)37(48-6)34(27)28/h8-12,14,16,21-22,24,30,35H,7,13,15,17-20,23H2,1-6H3,(H,39,43)(H,40,44). The molecule has 3 atom stereocenters. The van der Waals surface area contributed by atoms with Crippen LogP contribution in [-0.2, 0) is 22.6 Å². The van der Waals surface area contributed by atoms with Crippen molar-refractivity contribution >= 4 is 17.5 Å². The summed E-state index contributed by atoms with van der Waals surface area (Å²) in [6.45, 7) is 9.25. The molecule has 3 aromatic carbocycles. The van der Waals surface area contributed by atoms with E-state index < -0.39 is 12.1 Å². The Morgan fingerprint density at radius 1 is 0.938 bits per heavy atom. The number of anilines is 1. The molecule has 0 saturated carbocycles. The van der Waals surface area contributed by atoms with E-state index in [2.05, 4.69) is 34.6 Å². The van der Waals surface area contributed by atoms with Gasteiger partial charge in [0.05, 0.1) is 33.1 Å². The highest BCUT2D eigenvalue weighted by Gasteiger charge is 2.33. The number of methoxy groups -OCH3 is 3. The lowest BCUT2D eigenvalue weighted by atomic mass is 9.95. The largest absolute Gasteiger partial charge is 0.493 e. The van der Waals surface area contributed by atoms with Crippen molar-refractivity contribution in [2.75, 3.05) is 52.8 Å². The monoisotopic (exact) mass is 656 g/mol. The Hall–Kier alpha value is -4.57. The maximum absolute atomic E-state index is 14.1. The van der Waals surface area contributed by atoms with Crippen LogP contribution in [0.4, 0.5) is 5.69 Å². The summed E-state index contributed by atoms with van der Waals surface area (Å²) in [4.78, 5) is 44.7. The number of aryl methyl sites for hydroxylation is 1. The molecule has 48 heavy (non-hydrogen) atoms. The van der Waals surface area contributed by atoms with Crippen LogP contribution in [-0.4, -0.2) is 75.2 Å².